The van der Waals surface area contributed by atoms with Gasteiger partial charge in [0.2, 0.25) is 6.29 Å². The van der Waals surface area contributed by atoms with Crippen LogP contribution < -0.4 is 9.47 Å². The summed E-state index contributed by atoms with van der Waals surface area (Å²) in [4.78, 5) is 26.8. The monoisotopic (exact) mass is 592 g/mol. The lowest BCUT2D eigenvalue weighted by molar-refractivity contribution is -0.307. The minimum atomic E-state index is -1.78. The van der Waals surface area contributed by atoms with Gasteiger partial charge in [-0.15, -0.1) is 0 Å². The molecular formula is C28H32O14. The number of carbonyl (C=O) groups excluding carboxylic acids is 2. The molecular weight excluding hydrogens is 560 g/mol. The standard InChI is InChI=1S/C28H32O14/c1-37-8-14-16(7-13-18(26(14)38-2)20(31)12-6-4-3-5-11(12)19(13)30)41-28-25(36)23(34)22(33)17(42-28)10-40-27-24(35)21(32)15(29)9-39-27/h3-7,15,17,21-25,27-29,32-36H,8-10H2,1-2H3/t15-,17-,21+,22-,23+,24-,25-,27+,28-/m1/s1. The predicted molar refractivity (Wildman–Crippen MR) is 138 cm³/mol. The van der Waals surface area contributed by atoms with E-state index in [-0.39, 0.29) is 52.5 Å². The highest BCUT2D eigenvalue weighted by Gasteiger charge is 2.47. The second-order valence-electron chi connectivity index (χ2n) is 10.2. The fourth-order valence-corrected chi connectivity index (χ4v) is 5.24. The van der Waals surface area contributed by atoms with Crippen molar-refractivity contribution in [2.75, 3.05) is 27.4 Å². The van der Waals surface area contributed by atoms with Crippen molar-refractivity contribution in [1.82, 2.24) is 0 Å². The maximum atomic E-state index is 13.4. The Labute approximate surface area is 239 Å². The lowest BCUT2D eigenvalue weighted by atomic mass is 9.82. The van der Waals surface area contributed by atoms with Crippen molar-refractivity contribution >= 4 is 11.6 Å². The van der Waals surface area contributed by atoms with Gasteiger partial charge in [0.25, 0.3) is 0 Å². The molecule has 0 bridgehead atoms. The number of fused-ring (bicyclic) bond motifs is 2. The van der Waals surface area contributed by atoms with Gasteiger partial charge in [0.05, 0.1) is 38.1 Å². The molecule has 2 heterocycles. The maximum Gasteiger partial charge on any atom is 0.229 e. The molecule has 0 unspecified atom stereocenters. The van der Waals surface area contributed by atoms with E-state index >= 15 is 0 Å². The van der Waals surface area contributed by atoms with Crippen molar-refractivity contribution in [2.24, 2.45) is 0 Å². The number of benzene rings is 2. The summed E-state index contributed by atoms with van der Waals surface area (Å²) in [7, 11) is 2.70. The Morgan fingerprint density at radius 3 is 2.17 bits per heavy atom. The Bertz CT molecular complexity index is 1330. The van der Waals surface area contributed by atoms with Gasteiger partial charge in [-0.05, 0) is 6.07 Å². The van der Waals surface area contributed by atoms with Crippen LogP contribution in [0.1, 0.15) is 37.4 Å². The normalized spacial score (nSPS) is 32.7. The molecule has 9 atom stereocenters. The molecule has 0 spiro atoms. The molecule has 0 radical (unpaired) electrons. The minimum absolute atomic E-state index is 0.0136. The van der Waals surface area contributed by atoms with Crippen molar-refractivity contribution in [3.05, 3.63) is 58.1 Å². The van der Waals surface area contributed by atoms with E-state index in [1.54, 1.807) is 18.2 Å². The van der Waals surface area contributed by atoms with Crippen LogP contribution >= 0.6 is 0 Å². The van der Waals surface area contributed by atoms with Gasteiger partial charge in [0, 0.05) is 23.8 Å². The number of hydrogen-bond acceptors (Lipinski definition) is 14. The van der Waals surface area contributed by atoms with E-state index in [2.05, 4.69) is 0 Å². The minimum Gasteiger partial charge on any atom is -0.495 e. The number of aliphatic hydroxyl groups excluding tert-OH is 6. The average molecular weight is 593 g/mol. The Morgan fingerprint density at radius 1 is 0.833 bits per heavy atom. The predicted octanol–water partition coefficient (Wildman–Crippen LogP) is -1.74. The Hall–Kier alpha value is -3.02. The fraction of sp³-hybridized carbons (Fsp3) is 0.500. The van der Waals surface area contributed by atoms with Gasteiger partial charge in [-0.3, -0.25) is 9.59 Å². The lowest BCUT2D eigenvalue weighted by Crippen LogP contribution is -2.61. The average Bonchev–Trinajstić information content (AvgIpc) is 2.99. The van der Waals surface area contributed by atoms with Gasteiger partial charge in [0.15, 0.2) is 17.9 Å². The zero-order valence-corrected chi connectivity index (χ0v) is 22.7. The first-order valence-corrected chi connectivity index (χ1v) is 13.1. The van der Waals surface area contributed by atoms with E-state index in [1.165, 1.54) is 26.4 Å². The van der Waals surface area contributed by atoms with Crippen molar-refractivity contribution < 1.29 is 68.6 Å². The molecule has 2 aliphatic heterocycles. The number of aliphatic hydroxyl groups is 6. The number of ketones is 2. The summed E-state index contributed by atoms with van der Waals surface area (Å²) in [5.41, 5.74) is 0.628. The highest BCUT2D eigenvalue weighted by Crippen LogP contribution is 2.42. The van der Waals surface area contributed by atoms with Crippen LogP contribution in [0, 0.1) is 0 Å². The molecule has 2 aromatic rings. The van der Waals surface area contributed by atoms with Gasteiger partial charge in [-0.1, -0.05) is 24.3 Å². The van der Waals surface area contributed by atoms with E-state index < -0.39 is 73.5 Å². The Balaban J connectivity index is 1.43. The second kappa shape index (κ2) is 12.3. The number of hydrogen-bond donors (Lipinski definition) is 6. The molecule has 2 aromatic carbocycles. The molecule has 0 aromatic heterocycles. The summed E-state index contributed by atoms with van der Waals surface area (Å²) >= 11 is 0. The fourth-order valence-electron chi connectivity index (χ4n) is 5.24. The van der Waals surface area contributed by atoms with E-state index in [0.29, 0.717) is 0 Å². The summed E-state index contributed by atoms with van der Waals surface area (Å²) in [6, 6.07) is 7.64. The number of methoxy groups -OCH3 is 2. The smallest absolute Gasteiger partial charge is 0.229 e. The molecule has 1 aliphatic carbocycles. The Kier molecular flexibility index (Phi) is 8.91. The van der Waals surface area contributed by atoms with Gasteiger partial charge in [0.1, 0.15) is 54.2 Å². The van der Waals surface area contributed by atoms with Crippen molar-refractivity contribution in [2.45, 2.75) is 61.9 Å². The van der Waals surface area contributed by atoms with Crippen molar-refractivity contribution in [1.29, 1.82) is 0 Å². The third-order valence-electron chi connectivity index (χ3n) is 7.51. The van der Waals surface area contributed by atoms with Crippen LogP contribution in [0.3, 0.4) is 0 Å². The van der Waals surface area contributed by atoms with Gasteiger partial charge in [-0.2, -0.15) is 0 Å². The quantitative estimate of drug-likeness (QED) is 0.172. The van der Waals surface area contributed by atoms with Gasteiger partial charge in [-0.25, -0.2) is 0 Å². The van der Waals surface area contributed by atoms with Crippen LogP contribution in [-0.2, 0) is 25.6 Å². The van der Waals surface area contributed by atoms with E-state index in [0.717, 1.165) is 0 Å². The first kappa shape index (κ1) is 30.4. The molecule has 42 heavy (non-hydrogen) atoms. The number of carbonyl (C=O) groups is 2. The van der Waals surface area contributed by atoms with Crippen LogP contribution in [-0.4, -0.2) is 125 Å². The van der Waals surface area contributed by atoms with E-state index in [1.807, 2.05) is 0 Å². The van der Waals surface area contributed by atoms with Crippen molar-refractivity contribution in [3.8, 4) is 11.5 Å². The molecule has 2 fully saturated rings. The molecule has 2 saturated heterocycles. The first-order chi connectivity index (χ1) is 20.1. The second-order valence-corrected chi connectivity index (χ2v) is 10.2. The molecule has 6 N–H and O–H groups in total. The maximum absolute atomic E-state index is 13.4. The Morgan fingerprint density at radius 2 is 1.50 bits per heavy atom. The van der Waals surface area contributed by atoms with Crippen LogP contribution in [0.15, 0.2) is 30.3 Å². The third-order valence-corrected chi connectivity index (χ3v) is 7.51. The van der Waals surface area contributed by atoms with E-state index in [9.17, 15) is 40.2 Å². The first-order valence-electron chi connectivity index (χ1n) is 13.1. The topological polar surface area (TPSA) is 211 Å². The summed E-state index contributed by atoms with van der Waals surface area (Å²) in [5.74, 6) is -0.927. The molecule has 0 amide bonds. The molecule has 228 valence electrons. The number of ether oxygens (including phenoxy) is 6. The summed E-state index contributed by atoms with van der Waals surface area (Å²) in [5, 5.41) is 61.4. The SMILES string of the molecule is COCc1c(O[C@@H]2O[C@H](CO[C@@H]3OC[C@@H](O)[C@H](O)[C@H]3O)[C@@H](O)[C@H](O)[C@H]2O)cc2c(c1OC)C(=O)c1ccccc1C2=O. The van der Waals surface area contributed by atoms with Crippen LogP contribution in [0.4, 0.5) is 0 Å². The molecule has 5 rings (SSSR count). The summed E-state index contributed by atoms with van der Waals surface area (Å²) in [6.45, 7) is -0.948. The van der Waals surface area contributed by atoms with Crippen LogP contribution in [0.5, 0.6) is 11.5 Å². The molecule has 14 heteroatoms. The largest absolute Gasteiger partial charge is 0.495 e. The van der Waals surface area contributed by atoms with Crippen LogP contribution in [0.25, 0.3) is 0 Å². The highest BCUT2D eigenvalue weighted by atomic mass is 16.7. The van der Waals surface area contributed by atoms with E-state index in [4.69, 9.17) is 28.4 Å². The number of rotatable bonds is 8. The zero-order valence-electron chi connectivity index (χ0n) is 22.7. The van der Waals surface area contributed by atoms with Gasteiger partial charge < -0.3 is 59.1 Å². The van der Waals surface area contributed by atoms with Gasteiger partial charge >= 0.3 is 0 Å². The lowest BCUT2D eigenvalue weighted by Gasteiger charge is -2.41. The highest BCUT2D eigenvalue weighted by molar-refractivity contribution is 6.29. The molecule has 0 saturated carbocycles. The third kappa shape index (κ3) is 5.31. The molecule has 3 aliphatic rings. The summed E-state index contributed by atoms with van der Waals surface area (Å²) < 4.78 is 33.1. The zero-order chi connectivity index (χ0) is 30.3. The summed E-state index contributed by atoms with van der Waals surface area (Å²) in [6.07, 6.45) is -14.0. The van der Waals surface area contributed by atoms with Crippen molar-refractivity contribution in [3.63, 3.8) is 0 Å². The molecule has 14 nitrogen and oxygen atoms in total. The van der Waals surface area contributed by atoms with Crippen LogP contribution in [0.2, 0.25) is 0 Å².